The molecule has 0 radical (unpaired) electrons. The molecule has 0 saturated heterocycles. The van der Waals surface area contributed by atoms with Crippen molar-refractivity contribution in [2.24, 2.45) is 0 Å². The van der Waals surface area contributed by atoms with Crippen molar-refractivity contribution in [2.45, 2.75) is 32.9 Å². The number of nitrogens with one attached hydrogen (secondary N) is 1. The first kappa shape index (κ1) is 14.0. The van der Waals surface area contributed by atoms with Gasteiger partial charge in [-0.1, -0.05) is 18.2 Å². The number of para-hydroxylation sites is 1. The molecular weight excluding hydrogens is 240 g/mol. The first-order chi connectivity index (χ1) is 9.22. The Morgan fingerprint density at radius 2 is 2.26 bits per heavy atom. The standard InChI is InChI=1S/C15H22N2O2/c1-3-19-9-8-15(18)17-11-12(2)16-10-13-6-4-5-7-14(13)17/h4-7,12,16H,3,8-11H2,1-2H3. The molecule has 1 aliphatic heterocycles. The van der Waals surface area contributed by atoms with Gasteiger partial charge < -0.3 is 15.0 Å². The number of carbonyl (C=O) groups excluding carboxylic acids is 1. The van der Waals surface area contributed by atoms with Crippen LogP contribution < -0.4 is 10.2 Å². The summed E-state index contributed by atoms with van der Waals surface area (Å²) in [6, 6.07) is 8.39. The van der Waals surface area contributed by atoms with Crippen molar-refractivity contribution in [1.82, 2.24) is 5.32 Å². The number of amides is 1. The molecule has 0 saturated carbocycles. The fourth-order valence-corrected chi connectivity index (χ4v) is 2.32. The van der Waals surface area contributed by atoms with Gasteiger partial charge in [-0.2, -0.15) is 0 Å². The van der Waals surface area contributed by atoms with Gasteiger partial charge in [0.2, 0.25) is 5.91 Å². The summed E-state index contributed by atoms with van der Waals surface area (Å²) >= 11 is 0. The molecule has 1 aromatic rings. The molecule has 4 nitrogen and oxygen atoms in total. The predicted molar refractivity (Wildman–Crippen MR) is 76.2 cm³/mol. The molecule has 1 amide bonds. The van der Waals surface area contributed by atoms with Crippen molar-refractivity contribution in [3.63, 3.8) is 0 Å². The Morgan fingerprint density at radius 1 is 1.47 bits per heavy atom. The summed E-state index contributed by atoms with van der Waals surface area (Å²) in [5.74, 6) is 0.136. The Kier molecular flexibility index (Phi) is 4.93. The number of anilines is 1. The molecule has 0 fully saturated rings. The smallest absolute Gasteiger partial charge is 0.229 e. The van der Waals surface area contributed by atoms with Gasteiger partial charge in [-0.15, -0.1) is 0 Å². The lowest BCUT2D eigenvalue weighted by Crippen LogP contribution is -2.40. The van der Waals surface area contributed by atoms with Crippen LogP contribution in [0.1, 0.15) is 25.8 Å². The Balaban J connectivity index is 2.15. The molecule has 1 aromatic carbocycles. The van der Waals surface area contributed by atoms with Crippen molar-refractivity contribution >= 4 is 11.6 Å². The van der Waals surface area contributed by atoms with E-state index in [4.69, 9.17) is 4.74 Å². The van der Waals surface area contributed by atoms with Crippen molar-refractivity contribution in [3.05, 3.63) is 29.8 Å². The van der Waals surface area contributed by atoms with Gasteiger partial charge in [0.05, 0.1) is 13.0 Å². The molecule has 1 N–H and O–H groups in total. The third kappa shape index (κ3) is 3.55. The predicted octanol–water partition coefficient (Wildman–Crippen LogP) is 1.94. The topological polar surface area (TPSA) is 41.6 Å². The molecule has 1 heterocycles. The molecule has 0 aliphatic carbocycles. The number of ether oxygens (including phenoxy) is 1. The van der Waals surface area contributed by atoms with Gasteiger partial charge in [-0.05, 0) is 25.5 Å². The van der Waals surface area contributed by atoms with Crippen LogP contribution in [0.5, 0.6) is 0 Å². The quantitative estimate of drug-likeness (QED) is 0.843. The molecule has 0 bridgehead atoms. The van der Waals surface area contributed by atoms with Crippen molar-refractivity contribution in [1.29, 1.82) is 0 Å². The number of nitrogens with zero attached hydrogens (tertiary/aromatic N) is 1. The molecule has 1 atom stereocenters. The summed E-state index contributed by atoms with van der Waals surface area (Å²) in [5.41, 5.74) is 2.21. The highest BCUT2D eigenvalue weighted by molar-refractivity contribution is 5.94. The van der Waals surface area contributed by atoms with Crippen molar-refractivity contribution in [3.8, 4) is 0 Å². The molecule has 0 spiro atoms. The van der Waals surface area contributed by atoms with Crippen LogP contribution in [0.25, 0.3) is 0 Å². The summed E-state index contributed by atoms with van der Waals surface area (Å²) < 4.78 is 5.28. The second-order valence-electron chi connectivity index (χ2n) is 4.86. The number of hydrogen-bond acceptors (Lipinski definition) is 3. The van der Waals surface area contributed by atoms with E-state index in [0.29, 0.717) is 32.2 Å². The molecule has 1 unspecified atom stereocenters. The van der Waals surface area contributed by atoms with Crippen LogP contribution in [0.4, 0.5) is 5.69 Å². The average molecular weight is 262 g/mol. The largest absolute Gasteiger partial charge is 0.381 e. The SMILES string of the molecule is CCOCCC(=O)N1CC(C)NCc2ccccc21. The zero-order valence-corrected chi connectivity index (χ0v) is 11.7. The molecule has 19 heavy (non-hydrogen) atoms. The van der Waals surface area contributed by atoms with Crippen LogP contribution in [0.2, 0.25) is 0 Å². The average Bonchev–Trinajstić information content (AvgIpc) is 2.59. The minimum Gasteiger partial charge on any atom is -0.381 e. The summed E-state index contributed by atoms with van der Waals surface area (Å²) in [5, 5.41) is 3.43. The highest BCUT2D eigenvalue weighted by Gasteiger charge is 2.23. The monoisotopic (exact) mass is 262 g/mol. The Hall–Kier alpha value is -1.39. The molecule has 1 aliphatic rings. The van der Waals surface area contributed by atoms with E-state index in [9.17, 15) is 4.79 Å². The summed E-state index contributed by atoms with van der Waals surface area (Å²) in [4.78, 5) is 14.2. The van der Waals surface area contributed by atoms with Crippen LogP contribution in [0, 0.1) is 0 Å². The number of fused-ring (bicyclic) bond motifs is 1. The highest BCUT2D eigenvalue weighted by Crippen LogP contribution is 2.23. The zero-order chi connectivity index (χ0) is 13.7. The minimum atomic E-state index is 0.136. The van der Waals surface area contributed by atoms with E-state index in [2.05, 4.69) is 18.3 Å². The van der Waals surface area contributed by atoms with Gasteiger partial charge in [0.15, 0.2) is 0 Å². The first-order valence-corrected chi connectivity index (χ1v) is 6.91. The third-order valence-corrected chi connectivity index (χ3v) is 3.35. The lowest BCUT2D eigenvalue weighted by Gasteiger charge is -2.24. The summed E-state index contributed by atoms with van der Waals surface area (Å²) in [7, 11) is 0. The Morgan fingerprint density at radius 3 is 3.05 bits per heavy atom. The minimum absolute atomic E-state index is 0.136. The van der Waals surface area contributed by atoms with E-state index in [-0.39, 0.29) is 5.91 Å². The van der Waals surface area contributed by atoms with E-state index in [0.717, 1.165) is 12.2 Å². The fourth-order valence-electron chi connectivity index (χ4n) is 2.32. The fraction of sp³-hybridized carbons (Fsp3) is 0.533. The van der Waals surface area contributed by atoms with Crippen LogP contribution in [-0.4, -0.2) is 31.7 Å². The molecule has 104 valence electrons. The van der Waals surface area contributed by atoms with E-state index in [1.54, 1.807) is 0 Å². The van der Waals surface area contributed by atoms with Crippen molar-refractivity contribution < 1.29 is 9.53 Å². The molecule has 0 aromatic heterocycles. The normalized spacial score (nSPS) is 18.8. The van der Waals surface area contributed by atoms with Crippen LogP contribution in [-0.2, 0) is 16.1 Å². The number of benzene rings is 1. The van der Waals surface area contributed by atoms with Gasteiger partial charge in [0, 0.05) is 31.4 Å². The van der Waals surface area contributed by atoms with Gasteiger partial charge in [0.1, 0.15) is 0 Å². The maximum Gasteiger partial charge on any atom is 0.229 e. The second kappa shape index (κ2) is 6.68. The summed E-state index contributed by atoms with van der Waals surface area (Å²) in [6.07, 6.45) is 0.439. The second-order valence-corrected chi connectivity index (χ2v) is 4.86. The zero-order valence-electron chi connectivity index (χ0n) is 11.7. The van der Waals surface area contributed by atoms with E-state index in [1.807, 2.05) is 30.0 Å². The van der Waals surface area contributed by atoms with Gasteiger partial charge in [-0.3, -0.25) is 4.79 Å². The van der Waals surface area contributed by atoms with E-state index in [1.165, 1.54) is 5.56 Å². The lowest BCUT2D eigenvalue weighted by atomic mass is 10.1. The first-order valence-electron chi connectivity index (χ1n) is 6.91. The van der Waals surface area contributed by atoms with Crippen LogP contribution in [0.15, 0.2) is 24.3 Å². The van der Waals surface area contributed by atoms with E-state index < -0.39 is 0 Å². The molecule has 4 heteroatoms. The van der Waals surface area contributed by atoms with Crippen molar-refractivity contribution in [2.75, 3.05) is 24.7 Å². The number of carbonyl (C=O) groups is 1. The maximum absolute atomic E-state index is 12.4. The number of rotatable bonds is 4. The van der Waals surface area contributed by atoms with Crippen LogP contribution >= 0.6 is 0 Å². The van der Waals surface area contributed by atoms with Gasteiger partial charge >= 0.3 is 0 Å². The Bertz CT molecular complexity index is 434. The van der Waals surface area contributed by atoms with E-state index >= 15 is 0 Å². The number of hydrogen-bond donors (Lipinski definition) is 1. The summed E-state index contributed by atoms with van der Waals surface area (Å²) in [6.45, 7) is 6.72. The molecule has 2 rings (SSSR count). The van der Waals surface area contributed by atoms with Crippen LogP contribution in [0.3, 0.4) is 0 Å². The molecular formula is C15H22N2O2. The van der Waals surface area contributed by atoms with Gasteiger partial charge in [-0.25, -0.2) is 0 Å². The Labute approximate surface area is 114 Å². The third-order valence-electron chi connectivity index (χ3n) is 3.35. The maximum atomic E-state index is 12.4. The van der Waals surface area contributed by atoms with Gasteiger partial charge in [0.25, 0.3) is 0 Å². The highest BCUT2D eigenvalue weighted by atomic mass is 16.5. The lowest BCUT2D eigenvalue weighted by molar-refractivity contribution is -0.119.